The van der Waals surface area contributed by atoms with E-state index < -0.39 is 10.0 Å². The Morgan fingerprint density at radius 2 is 1.80 bits per heavy atom. The summed E-state index contributed by atoms with van der Waals surface area (Å²) < 4.78 is 36.1. The molecule has 3 aromatic rings. The van der Waals surface area contributed by atoms with E-state index in [0.717, 1.165) is 17.5 Å². The van der Waals surface area contributed by atoms with Crippen LogP contribution in [0.15, 0.2) is 41.3 Å². The first-order chi connectivity index (χ1) is 16.6. The highest BCUT2D eigenvalue weighted by atomic mass is 32.2. The molecule has 1 aliphatic heterocycles. The summed E-state index contributed by atoms with van der Waals surface area (Å²) in [4.78, 5) is 24.9. The van der Waals surface area contributed by atoms with Gasteiger partial charge in [0.2, 0.25) is 11.8 Å². The van der Waals surface area contributed by atoms with Crippen LogP contribution < -0.4 is 14.8 Å². The van der Waals surface area contributed by atoms with E-state index in [1.54, 1.807) is 24.3 Å². The lowest BCUT2D eigenvalue weighted by molar-refractivity contribution is -0.116. The van der Waals surface area contributed by atoms with Crippen molar-refractivity contribution in [3.05, 3.63) is 53.2 Å². The van der Waals surface area contributed by atoms with Crippen molar-refractivity contribution >= 4 is 33.3 Å². The highest BCUT2D eigenvalue weighted by Gasteiger charge is 2.29. The predicted molar refractivity (Wildman–Crippen MR) is 133 cm³/mol. The van der Waals surface area contributed by atoms with Gasteiger partial charge < -0.3 is 10.1 Å². The fourth-order valence-electron chi connectivity index (χ4n) is 4.28. The number of fused-ring (bicyclic) bond motifs is 1. The highest BCUT2D eigenvalue weighted by Crippen LogP contribution is 2.38. The monoisotopic (exact) mass is 496 g/mol. The second-order valence-corrected chi connectivity index (χ2v) is 10.3. The zero-order chi connectivity index (χ0) is 25.3. The molecular weight excluding hydrogens is 468 g/mol. The van der Waals surface area contributed by atoms with E-state index in [0.29, 0.717) is 28.9 Å². The number of aryl methyl sites for hydroxylation is 3. The number of carbonyl (C=O) groups excluding carboxylic acids is 2. The first-order valence-electron chi connectivity index (χ1n) is 11.4. The van der Waals surface area contributed by atoms with Crippen molar-refractivity contribution in [3.8, 4) is 16.9 Å². The van der Waals surface area contributed by atoms with Crippen LogP contribution in [-0.2, 0) is 21.2 Å². The summed E-state index contributed by atoms with van der Waals surface area (Å²) in [5, 5.41) is 7.25. The van der Waals surface area contributed by atoms with E-state index >= 15 is 0 Å². The van der Waals surface area contributed by atoms with Crippen LogP contribution in [0.25, 0.3) is 11.1 Å². The van der Waals surface area contributed by atoms with E-state index in [-0.39, 0.29) is 41.1 Å². The predicted octanol–water partition coefficient (Wildman–Crippen LogP) is 4.30. The van der Waals surface area contributed by atoms with Gasteiger partial charge in [-0.2, -0.15) is 9.78 Å². The van der Waals surface area contributed by atoms with Crippen molar-refractivity contribution in [3.63, 3.8) is 0 Å². The third-order valence-corrected chi connectivity index (χ3v) is 7.12. The van der Waals surface area contributed by atoms with Crippen molar-refractivity contribution < 1.29 is 22.7 Å². The third kappa shape index (κ3) is 4.93. The summed E-state index contributed by atoms with van der Waals surface area (Å²) in [7, 11) is -2.63. The average molecular weight is 497 g/mol. The van der Waals surface area contributed by atoms with Crippen molar-refractivity contribution in [1.82, 2.24) is 9.78 Å². The molecule has 0 unspecified atom stereocenters. The van der Waals surface area contributed by atoms with E-state index in [9.17, 15) is 18.0 Å². The number of ether oxygens (including phenoxy) is 1. The first-order valence-corrected chi connectivity index (χ1v) is 12.9. The maximum Gasteiger partial charge on any atom is 0.265 e. The SMILES string of the molecule is CCCc1nn2c(c1-c1ccc(OC)c(S(=O)(=O)Nc3cc(C)cc(C)c3)c1)NC(=O)CCC2=O. The molecule has 0 saturated carbocycles. The lowest BCUT2D eigenvalue weighted by Gasteiger charge is -2.15. The number of hydrogen-bond acceptors (Lipinski definition) is 6. The molecule has 184 valence electrons. The molecule has 2 N–H and O–H groups in total. The molecule has 35 heavy (non-hydrogen) atoms. The molecule has 9 nitrogen and oxygen atoms in total. The Bertz CT molecular complexity index is 1410. The number of amides is 1. The third-order valence-electron chi connectivity index (χ3n) is 5.72. The van der Waals surface area contributed by atoms with Gasteiger partial charge in [-0.1, -0.05) is 25.5 Å². The zero-order valence-electron chi connectivity index (χ0n) is 20.1. The topological polar surface area (TPSA) is 119 Å². The number of anilines is 2. The number of nitrogens with zero attached hydrogens (tertiary/aromatic N) is 2. The normalized spacial score (nSPS) is 13.7. The van der Waals surface area contributed by atoms with Gasteiger partial charge in [0.15, 0.2) is 0 Å². The van der Waals surface area contributed by atoms with E-state index in [2.05, 4.69) is 15.1 Å². The van der Waals surface area contributed by atoms with Crippen molar-refractivity contribution in [2.45, 2.75) is 51.3 Å². The minimum Gasteiger partial charge on any atom is -0.495 e. The van der Waals surface area contributed by atoms with Gasteiger partial charge in [0.25, 0.3) is 10.0 Å². The van der Waals surface area contributed by atoms with Crippen LogP contribution in [0.1, 0.15) is 47.8 Å². The Kier molecular flexibility index (Phi) is 6.66. The second-order valence-electron chi connectivity index (χ2n) is 8.62. The summed E-state index contributed by atoms with van der Waals surface area (Å²) in [6.45, 7) is 5.76. The number of aromatic nitrogens is 2. The number of methoxy groups -OCH3 is 1. The van der Waals surface area contributed by atoms with E-state index in [4.69, 9.17) is 4.74 Å². The Morgan fingerprint density at radius 3 is 2.46 bits per heavy atom. The molecule has 4 rings (SSSR count). The molecule has 0 atom stereocenters. The van der Waals surface area contributed by atoms with Crippen LogP contribution in [0.4, 0.5) is 11.5 Å². The molecule has 2 heterocycles. The van der Waals surface area contributed by atoms with Crippen LogP contribution in [0.2, 0.25) is 0 Å². The standard InChI is InChI=1S/C25H28N4O5S/c1-5-6-19-24(25-26-22(30)9-10-23(31)29(25)27-19)17-7-8-20(34-4)21(14-17)35(32,33)28-18-12-15(2)11-16(3)13-18/h7-8,11-14,28H,5-6,9-10H2,1-4H3,(H,26,30). The average Bonchev–Trinajstić information content (AvgIpc) is 3.07. The number of nitrogens with one attached hydrogen (secondary N) is 2. The van der Waals surface area contributed by atoms with Crippen LogP contribution in [-0.4, -0.2) is 37.1 Å². The van der Waals surface area contributed by atoms with Gasteiger partial charge in [-0.25, -0.2) is 8.42 Å². The minimum absolute atomic E-state index is 0.0492. The zero-order valence-corrected chi connectivity index (χ0v) is 21.0. The molecule has 0 saturated heterocycles. The van der Waals surface area contributed by atoms with E-state index in [1.165, 1.54) is 17.9 Å². The van der Waals surface area contributed by atoms with Crippen LogP contribution in [0.3, 0.4) is 0 Å². The first kappa shape index (κ1) is 24.5. The molecule has 0 bridgehead atoms. The summed E-state index contributed by atoms with van der Waals surface area (Å²) >= 11 is 0. The maximum absolute atomic E-state index is 13.4. The lowest BCUT2D eigenvalue weighted by atomic mass is 10.0. The molecular formula is C25H28N4O5S. The van der Waals surface area contributed by atoms with Crippen molar-refractivity contribution in [2.24, 2.45) is 0 Å². The number of hydrogen-bond donors (Lipinski definition) is 2. The Hall–Kier alpha value is -3.66. The van der Waals surface area contributed by atoms with Crippen LogP contribution in [0.5, 0.6) is 5.75 Å². The number of carbonyl (C=O) groups is 2. The van der Waals surface area contributed by atoms with Gasteiger partial charge in [0, 0.05) is 24.1 Å². The molecule has 0 aliphatic carbocycles. The van der Waals surface area contributed by atoms with Gasteiger partial charge in [0.05, 0.1) is 12.8 Å². The molecule has 1 aliphatic rings. The fourth-order valence-corrected chi connectivity index (χ4v) is 5.52. The summed E-state index contributed by atoms with van der Waals surface area (Å²) in [5.74, 6) is -0.156. The van der Waals surface area contributed by atoms with Crippen molar-refractivity contribution in [1.29, 1.82) is 0 Å². The van der Waals surface area contributed by atoms with Crippen LogP contribution >= 0.6 is 0 Å². The minimum atomic E-state index is -4.03. The smallest absolute Gasteiger partial charge is 0.265 e. The van der Waals surface area contributed by atoms with Crippen LogP contribution in [0, 0.1) is 13.8 Å². The largest absolute Gasteiger partial charge is 0.495 e. The number of rotatable bonds is 7. The Morgan fingerprint density at radius 1 is 1.09 bits per heavy atom. The molecule has 1 amide bonds. The second kappa shape index (κ2) is 9.53. The molecule has 2 aromatic carbocycles. The molecule has 1 aromatic heterocycles. The van der Waals surface area contributed by atoms with Gasteiger partial charge in [-0.15, -0.1) is 0 Å². The summed E-state index contributed by atoms with van der Waals surface area (Å²) in [6, 6.07) is 10.2. The fraction of sp³-hybridized carbons (Fsp3) is 0.320. The summed E-state index contributed by atoms with van der Waals surface area (Å²) in [5.41, 5.74) is 3.94. The number of sulfonamides is 1. The highest BCUT2D eigenvalue weighted by molar-refractivity contribution is 7.92. The van der Waals surface area contributed by atoms with Gasteiger partial charge in [-0.05, 0) is 61.2 Å². The molecule has 0 spiro atoms. The maximum atomic E-state index is 13.4. The molecule has 0 radical (unpaired) electrons. The van der Waals surface area contributed by atoms with Gasteiger partial charge in [-0.3, -0.25) is 14.3 Å². The number of benzene rings is 2. The lowest BCUT2D eigenvalue weighted by Crippen LogP contribution is -2.15. The summed E-state index contributed by atoms with van der Waals surface area (Å²) in [6.07, 6.45) is 1.41. The Balaban J connectivity index is 1.86. The Labute approximate surface area is 204 Å². The van der Waals surface area contributed by atoms with Gasteiger partial charge in [0.1, 0.15) is 16.5 Å². The van der Waals surface area contributed by atoms with Crippen molar-refractivity contribution in [2.75, 3.05) is 17.1 Å². The van der Waals surface area contributed by atoms with Gasteiger partial charge >= 0.3 is 0 Å². The molecule has 0 fully saturated rings. The quantitative estimate of drug-likeness (QED) is 0.503. The molecule has 10 heteroatoms. The van der Waals surface area contributed by atoms with E-state index in [1.807, 2.05) is 26.8 Å².